The average Bonchev–Trinajstić information content (AvgIpc) is 2.74. The van der Waals surface area contributed by atoms with Crippen LogP contribution in [-0.4, -0.2) is 78.0 Å². The number of halogens is 1. The molecule has 1 aromatic rings. The van der Waals surface area contributed by atoms with Gasteiger partial charge in [0.2, 0.25) is 11.8 Å². The fourth-order valence-corrected chi connectivity index (χ4v) is 5.75. The maximum absolute atomic E-state index is 13.4. The molecule has 0 aliphatic carbocycles. The molecule has 9 heteroatoms. The van der Waals surface area contributed by atoms with E-state index in [1.807, 2.05) is 0 Å². The van der Waals surface area contributed by atoms with E-state index in [4.69, 9.17) is 15.6 Å². The van der Waals surface area contributed by atoms with Crippen LogP contribution < -0.4 is 11.1 Å². The number of hydrogen-bond donors (Lipinski definition) is 3. The van der Waals surface area contributed by atoms with Crippen molar-refractivity contribution in [2.24, 2.45) is 17.6 Å². The van der Waals surface area contributed by atoms with Crippen molar-refractivity contribution in [2.45, 2.75) is 44.2 Å². The molecule has 0 unspecified atom stereocenters. The molecule has 1 aromatic carbocycles. The maximum Gasteiger partial charge on any atom is 0.290 e. The highest BCUT2D eigenvalue weighted by molar-refractivity contribution is 5.78. The lowest BCUT2D eigenvalue weighted by atomic mass is 9.72. The van der Waals surface area contributed by atoms with Gasteiger partial charge in [-0.15, -0.1) is 0 Å². The fourth-order valence-electron chi connectivity index (χ4n) is 5.75. The van der Waals surface area contributed by atoms with Crippen molar-refractivity contribution in [3.8, 4) is 0 Å². The number of amides is 2. The topological polar surface area (TPSA) is 116 Å². The first kappa shape index (κ1) is 24.1. The van der Waals surface area contributed by atoms with E-state index in [-0.39, 0.29) is 36.6 Å². The van der Waals surface area contributed by atoms with Crippen molar-refractivity contribution < 1.29 is 23.9 Å². The quantitative estimate of drug-likeness (QED) is 0.556. The standard InChI is InChI=1S/C22H31FN4O2.CH2O2/c23-18-5-3-4-15(8-18)9-22(29)25-11-20-17-10-16(12-26(13-17)14-21(24)28)19-6-1-2-7-27(19)20;2-1-3/h3-5,8,16-17,19-20H,1-2,6-7,9-14H2,(H2,24,28)(H,25,29);1H,(H,2,3)/t16-,17+,19+,20+;/m1./s1. The number of nitrogens with one attached hydrogen (secondary N) is 1. The molecule has 3 aliphatic heterocycles. The lowest BCUT2D eigenvalue weighted by Crippen LogP contribution is -2.66. The zero-order valence-corrected chi connectivity index (χ0v) is 18.3. The van der Waals surface area contributed by atoms with E-state index in [9.17, 15) is 14.0 Å². The highest BCUT2D eigenvalue weighted by Gasteiger charge is 2.47. The molecule has 0 spiro atoms. The summed E-state index contributed by atoms with van der Waals surface area (Å²) in [6, 6.07) is 7.01. The molecule has 0 aromatic heterocycles. The molecule has 8 nitrogen and oxygen atoms in total. The van der Waals surface area contributed by atoms with Gasteiger partial charge in [-0.3, -0.25) is 24.2 Å². The molecule has 3 saturated heterocycles. The molecule has 2 bridgehead atoms. The van der Waals surface area contributed by atoms with E-state index in [1.165, 1.54) is 31.4 Å². The predicted octanol–water partition coefficient (Wildman–Crippen LogP) is 0.845. The summed E-state index contributed by atoms with van der Waals surface area (Å²) in [7, 11) is 0. The van der Waals surface area contributed by atoms with Gasteiger partial charge in [0.25, 0.3) is 6.47 Å². The molecule has 3 heterocycles. The number of nitrogens with zero attached hydrogens (tertiary/aromatic N) is 2. The summed E-state index contributed by atoms with van der Waals surface area (Å²) in [5.74, 6) is 0.340. The molecule has 4 N–H and O–H groups in total. The van der Waals surface area contributed by atoms with Crippen LogP contribution in [0.4, 0.5) is 4.39 Å². The first-order valence-electron chi connectivity index (χ1n) is 11.3. The Bertz CT molecular complexity index is 808. The molecule has 2 amide bonds. The van der Waals surface area contributed by atoms with E-state index in [1.54, 1.807) is 12.1 Å². The molecular formula is C23H33FN4O4. The van der Waals surface area contributed by atoms with Crippen LogP contribution in [0.3, 0.4) is 0 Å². The summed E-state index contributed by atoms with van der Waals surface area (Å²) in [6.07, 6.45) is 4.98. The van der Waals surface area contributed by atoms with E-state index >= 15 is 0 Å². The van der Waals surface area contributed by atoms with Gasteiger partial charge in [-0.2, -0.15) is 0 Å². The minimum absolute atomic E-state index is 0.0731. The van der Waals surface area contributed by atoms with Crippen molar-refractivity contribution in [3.05, 3.63) is 35.6 Å². The highest BCUT2D eigenvalue weighted by atomic mass is 19.1. The number of carboxylic acid groups (broad SMARTS) is 1. The molecule has 0 saturated carbocycles. The number of rotatable bonds is 6. The van der Waals surface area contributed by atoms with Crippen LogP contribution in [0.2, 0.25) is 0 Å². The largest absolute Gasteiger partial charge is 0.483 e. The van der Waals surface area contributed by atoms with Crippen molar-refractivity contribution in [1.82, 2.24) is 15.1 Å². The van der Waals surface area contributed by atoms with E-state index in [0.717, 1.165) is 26.1 Å². The van der Waals surface area contributed by atoms with E-state index < -0.39 is 0 Å². The monoisotopic (exact) mass is 448 g/mol. The number of benzene rings is 1. The summed E-state index contributed by atoms with van der Waals surface area (Å²) < 4.78 is 13.4. The lowest BCUT2D eigenvalue weighted by Gasteiger charge is -2.56. The Kier molecular flexibility index (Phi) is 8.58. The first-order chi connectivity index (χ1) is 15.4. The minimum atomic E-state index is -0.318. The molecule has 4 atom stereocenters. The van der Waals surface area contributed by atoms with Gasteiger partial charge in [0.15, 0.2) is 0 Å². The number of hydrogen-bond acceptors (Lipinski definition) is 5. The Morgan fingerprint density at radius 3 is 2.72 bits per heavy atom. The molecule has 3 aliphatic rings. The fraction of sp³-hybridized carbons (Fsp3) is 0.609. The average molecular weight is 449 g/mol. The minimum Gasteiger partial charge on any atom is -0.483 e. The third-order valence-electron chi connectivity index (χ3n) is 6.84. The molecule has 0 radical (unpaired) electrons. The summed E-state index contributed by atoms with van der Waals surface area (Å²) in [5.41, 5.74) is 6.14. The summed E-state index contributed by atoms with van der Waals surface area (Å²) in [4.78, 5) is 37.1. The Hall–Kier alpha value is -2.52. The van der Waals surface area contributed by atoms with Crippen LogP contribution in [0.15, 0.2) is 24.3 Å². The van der Waals surface area contributed by atoms with Gasteiger partial charge in [-0.05, 0) is 55.3 Å². The number of nitrogens with two attached hydrogens (primary N) is 1. The number of carbonyl (C=O) groups excluding carboxylic acids is 2. The third-order valence-corrected chi connectivity index (χ3v) is 6.84. The molecule has 4 rings (SSSR count). The normalized spacial score (nSPS) is 27.4. The second-order valence-corrected chi connectivity index (χ2v) is 9.00. The van der Waals surface area contributed by atoms with Crippen LogP contribution in [0.1, 0.15) is 31.2 Å². The summed E-state index contributed by atoms with van der Waals surface area (Å²) in [5, 5.41) is 9.99. The number of primary amides is 1. The van der Waals surface area contributed by atoms with Gasteiger partial charge >= 0.3 is 0 Å². The van der Waals surface area contributed by atoms with Gasteiger partial charge in [-0.1, -0.05) is 18.6 Å². The first-order valence-corrected chi connectivity index (χ1v) is 11.3. The van der Waals surface area contributed by atoms with Gasteiger partial charge in [-0.25, -0.2) is 4.39 Å². The van der Waals surface area contributed by atoms with Gasteiger partial charge in [0.05, 0.1) is 13.0 Å². The van der Waals surface area contributed by atoms with Crippen LogP contribution in [-0.2, 0) is 20.8 Å². The van der Waals surface area contributed by atoms with Crippen molar-refractivity contribution in [2.75, 3.05) is 32.7 Å². The summed E-state index contributed by atoms with van der Waals surface area (Å²) >= 11 is 0. The Morgan fingerprint density at radius 2 is 2.00 bits per heavy atom. The van der Waals surface area contributed by atoms with E-state index in [0.29, 0.717) is 36.5 Å². The molecule has 32 heavy (non-hydrogen) atoms. The SMILES string of the molecule is NC(=O)CN1C[C@H]2C[C@@H](C1)[C@H](CNC(=O)Cc1cccc(F)c1)N1CCCC[C@@H]21.O=CO. The van der Waals surface area contributed by atoms with Crippen LogP contribution in [0.25, 0.3) is 0 Å². The molecule has 3 fully saturated rings. The number of likely N-dealkylation sites (tertiary alicyclic amines) is 1. The Morgan fingerprint density at radius 1 is 1.25 bits per heavy atom. The Labute approximate surface area is 187 Å². The molecular weight excluding hydrogens is 415 g/mol. The predicted molar refractivity (Wildman–Crippen MR) is 117 cm³/mol. The zero-order chi connectivity index (χ0) is 23.1. The van der Waals surface area contributed by atoms with E-state index in [2.05, 4.69) is 15.1 Å². The van der Waals surface area contributed by atoms with Gasteiger partial charge in [0.1, 0.15) is 5.82 Å². The summed E-state index contributed by atoms with van der Waals surface area (Å²) in [6.45, 7) is 3.55. The number of fused-ring (bicyclic) bond motifs is 4. The van der Waals surface area contributed by atoms with Crippen molar-refractivity contribution in [1.29, 1.82) is 0 Å². The van der Waals surface area contributed by atoms with Crippen LogP contribution >= 0.6 is 0 Å². The smallest absolute Gasteiger partial charge is 0.290 e. The van der Waals surface area contributed by atoms with Crippen LogP contribution in [0, 0.1) is 17.7 Å². The van der Waals surface area contributed by atoms with Crippen molar-refractivity contribution in [3.63, 3.8) is 0 Å². The lowest BCUT2D eigenvalue weighted by molar-refractivity contribution is -0.124. The Balaban J connectivity index is 0.000000913. The zero-order valence-electron chi connectivity index (χ0n) is 18.3. The number of carbonyl (C=O) groups is 3. The second-order valence-electron chi connectivity index (χ2n) is 9.00. The third kappa shape index (κ3) is 6.26. The second kappa shape index (κ2) is 11.4. The van der Waals surface area contributed by atoms with Crippen LogP contribution in [0.5, 0.6) is 0 Å². The number of piperidine rings is 3. The highest BCUT2D eigenvalue weighted by Crippen LogP contribution is 2.40. The van der Waals surface area contributed by atoms with Gasteiger partial charge < -0.3 is 16.2 Å². The maximum atomic E-state index is 13.4. The molecule has 176 valence electrons. The van der Waals surface area contributed by atoms with Crippen molar-refractivity contribution >= 4 is 18.3 Å². The van der Waals surface area contributed by atoms with Gasteiger partial charge in [0, 0.05) is 31.7 Å².